The van der Waals surface area contributed by atoms with E-state index in [0.29, 0.717) is 36.1 Å². The van der Waals surface area contributed by atoms with E-state index in [-0.39, 0.29) is 11.4 Å². The van der Waals surface area contributed by atoms with E-state index in [2.05, 4.69) is 31.2 Å². The smallest absolute Gasteiger partial charge is 0.271 e. The zero-order valence-corrected chi connectivity index (χ0v) is 16.8. The molecule has 0 spiro atoms. The lowest BCUT2D eigenvalue weighted by Crippen LogP contribution is -2.28. The van der Waals surface area contributed by atoms with Gasteiger partial charge in [-0.3, -0.25) is 9.48 Å². The molecule has 2 aromatic rings. The second kappa shape index (κ2) is 7.62. The van der Waals surface area contributed by atoms with Crippen molar-refractivity contribution in [2.75, 3.05) is 20.8 Å². The van der Waals surface area contributed by atoms with Crippen molar-refractivity contribution in [3.8, 4) is 11.5 Å². The molecule has 1 saturated carbocycles. The molecule has 27 heavy (non-hydrogen) atoms. The third-order valence-corrected chi connectivity index (χ3v) is 4.75. The third-order valence-electron chi connectivity index (χ3n) is 4.75. The number of hydrogen-bond acceptors (Lipinski definition) is 4. The first kappa shape index (κ1) is 19.3. The van der Waals surface area contributed by atoms with Crippen molar-refractivity contribution >= 4 is 5.91 Å². The zero-order chi connectivity index (χ0) is 19.6. The van der Waals surface area contributed by atoms with Crippen molar-refractivity contribution in [3.63, 3.8) is 0 Å². The highest BCUT2D eigenvalue weighted by Crippen LogP contribution is 2.41. The molecule has 1 aromatic heterocycles. The van der Waals surface area contributed by atoms with E-state index in [1.165, 1.54) is 18.5 Å². The highest BCUT2D eigenvalue weighted by Gasteiger charge is 2.32. The molecular formula is C21H29N3O3. The Kier molecular flexibility index (Phi) is 5.44. The van der Waals surface area contributed by atoms with Crippen molar-refractivity contribution < 1.29 is 14.3 Å². The van der Waals surface area contributed by atoms with Crippen LogP contribution in [0.1, 0.15) is 61.3 Å². The summed E-state index contributed by atoms with van der Waals surface area (Å²) >= 11 is 0. The van der Waals surface area contributed by atoms with E-state index < -0.39 is 0 Å². The predicted octanol–water partition coefficient (Wildman–Crippen LogP) is 3.51. The van der Waals surface area contributed by atoms with Crippen LogP contribution < -0.4 is 14.8 Å². The molecule has 1 fully saturated rings. The van der Waals surface area contributed by atoms with Gasteiger partial charge in [0.25, 0.3) is 5.91 Å². The molecule has 0 radical (unpaired) electrons. The van der Waals surface area contributed by atoms with Crippen LogP contribution in [0.4, 0.5) is 0 Å². The maximum Gasteiger partial charge on any atom is 0.271 e. The van der Waals surface area contributed by atoms with Crippen molar-refractivity contribution in [2.45, 2.75) is 51.5 Å². The van der Waals surface area contributed by atoms with Crippen molar-refractivity contribution in [1.29, 1.82) is 0 Å². The monoisotopic (exact) mass is 371 g/mol. The van der Waals surface area contributed by atoms with Gasteiger partial charge in [-0.25, -0.2) is 0 Å². The molecule has 0 unspecified atom stereocenters. The Bertz CT molecular complexity index is 817. The fourth-order valence-electron chi connectivity index (χ4n) is 3.16. The van der Waals surface area contributed by atoms with Crippen LogP contribution in [0.2, 0.25) is 0 Å². The van der Waals surface area contributed by atoms with Gasteiger partial charge in [-0.2, -0.15) is 5.10 Å². The summed E-state index contributed by atoms with van der Waals surface area (Å²) in [6.45, 7) is 6.88. The summed E-state index contributed by atoms with van der Waals surface area (Å²) in [5.41, 5.74) is 2.62. The topological polar surface area (TPSA) is 65.4 Å². The second-order valence-corrected chi connectivity index (χ2v) is 8.01. The van der Waals surface area contributed by atoms with Crippen molar-refractivity contribution in [2.24, 2.45) is 0 Å². The number of hydrogen-bond donors (Lipinski definition) is 1. The highest BCUT2D eigenvalue weighted by atomic mass is 16.5. The van der Waals surface area contributed by atoms with Crippen LogP contribution in [0.15, 0.2) is 24.3 Å². The molecular weight excluding hydrogens is 342 g/mol. The van der Waals surface area contributed by atoms with Crippen LogP contribution in [0.5, 0.6) is 11.5 Å². The van der Waals surface area contributed by atoms with Gasteiger partial charge in [0, 0.05) is 18.2 Å². The van der Waals surface area contributed by atoms with Crippen molar-refractivity contribution in [1.82, 2.24) is 15.1 Å². The molecule has 1 N–H and O–H groups in total. The Morgan fingerprint density at radius 3 is 2.48 bits per heavy atom. The first-order chi connectivity index (χ1) is 12.8. The number of methoxy groups -OCH3 is 2. The molecule has 0 bridgehead atoms. The number of ether oxygens (including phenoxy) is 2. The quantitative estimate of drug-likeness (QED) is 0.809. The molecule has 146 valence electrons. The average molecular weight is 371 g/mol. The molecule has 3 rings (SSSR count). The number of carbonyl (C=O) groups is 1. The van der Waals surface area contributed by atoms with Gasteiger partial charge < -0.3 is 14.8 Å². The number of benzene rings is 1. The largest absolute Gasteiger partial charge is 0.493 e. The van der Waals surface area contributed by atoms with E-state index in [9.17, 15) is 4.79 Å². The van der Waals surface area contributed by atoms with Crippen LogP contribution in [-0.4, -0.2) is 36.5 Å². The maximum atomic E-state index is 12.6. The molecule has 1 heterocycles. The van der Waals surface area contributed by atoms with Crippen LogP contribution in [0.3, 0.4) is 0 Å². The van der Waals surface area contributed by atoms with Gasteiger partial charge in [0.05, 0.1) is 19.8 Å². The maximum absolute atomic E-state index is 12.6. The molecule has 0 saturated heterocycles. The van der Waals surface area contributed by atoms with E-state index in [0.717, 1.165) is 5.56 Å². The predicted molar refractivity (Wildman–Crippen MR) is 105 cm³/mol. The SMILES string of the molecule is COc1ccc(CCNC(=O)c2cc(C3CC3)n(C(C)(C)C)n2)cc1OC. The number of rotatable bonds is 7. The Morgan fingerprint density at radius 2 is 1.89 bits per heavy atom. The van der Waals surface area contributed by atoms with Crippen molar-refractivity contribution in [3.05, 3.63) is 41.2 Å². The summed E-state index contributed by atoms with van der Waals surface area (Å²) in [5.74, 6) is 1.82. The highest BCUT2D eigenvalue weighted by molar-refractivity contribution is 5.92. The third kappa shape index (κ3) is 4.43. The molecule has 0 atom stereocenters. The van der Waals surface area contributed by atoms with E-state index in [4.69, 9.17) is 9.47 Å². The van der Waals surface area contributed by atoms with Gasteiger partial charge in [0.2, 0.25) is 0 Å². The van der Waals surface area contributed by atoms with Crippen LogP contribution in [0, 0.1) is 0 Å². The summed E-state index contributed by atoms with van der Waals surface area (Å²) in [6.07, 6.45) is 3.08. The number of amides is 1. The fraction of sp³-hybridized carbons (Fsp3) is 0.524. The minimum absolute atomic E-state index is 0.125. The van der Waals surface area contributed by atoms with E-state index in [1.807, 2.05) is 28.9 Å². The first-order valence-corrected chi connectivity index (χ1v) is 9.43. The number of aromatic nitrogens is 2. The normalized spacial score (nSPS) is 14.1. The fourth-order valence-corrected chi connectivity index (χ4v) is 3.16. The standard InChI is InChI=1S/C21H29N3O3/c1-21(2,3)24-17(15-7-8-15)13-16(23-24)20(25)22-11-10-14-6-9-18(26-4)19(12-14)27-5/h6,9,12-13,15H,7-8,10-11H2,1-5H3,(H,22,25). The molecule has 1 aliphatic rings. The number of nitrogens with zero attached hydrogens (tertiary/aromatic N) is 2. The summed E-state index contributed by atoms with van der Waals surface area (Å²) in [6, 6.07) is 7.75. The Balaban J connectivity index is 1.63. The number of nitrogens with one attached hydrogen (secondary N) is 1. The molecule has 1 amide bonds. The van der Waals surface area contributed by atoms with Gasteiger partial charge in [-0.15, -0.1) is 0 Å². The van der Waals surface area contributed by atoms with Crippen LogP contribution >= 0.6 is 0 Å². The van der Waals surface area contributed by atoms with Gasteiger partial charge in [-0.05, 0) is 63.8 Å². The molecule has 6 heteroatoms. The Hall–Kier alpha value is -2.50. The molecule has 6 nitrogen and oxygen atoms in total. The molecule has 1 aromatic carbocycles. The van der Waals surface area contributed by atoms with E-state index >= 15 is 0 Å². The lowest BCUT2D eigenvalue weighted by molar-refractivity contribution is 0.0947. The average Bonchev–Trinajstić information content (AvgIpc) is 3.38. The number of carbonyl (C=O) groups excluding carboxylic acids is 1. The first-order valence-electron chi connectivity index (χ1n) is 9.43. The zero-order valence-electron chi connectivity index (χ0n) is 16.8. The summed E-state index contributed by atoms with van der Waals surface area (Å²) in [4.78, 5) is 12.6. The second-order valence-electron chi connectivity index (χ2n) is 8.01. The summed E-state index contributed by atoms with van der Waals surface area (Å²) in [5, 5.41) is 7.56. The summed E-state index contributed by atoms with van der Waals surface area (Å²) in [7, 11) is 3.23. The molecule has 0 aliphatic heterocycles. The minimum Gasteiger partial charge on any atom is -0.493 e. The van der Waals surface area contributed by atoms with Gasteiger partial charge in [0.1, 0.15) is 5.69 Å². The Morgan fingerprint density at radius 1 is 1.19 bits per heavy atom. The Labute approximate surface area is 160 Å². The van der Waals surface area contributed by atoms with Gasteiger partial charge in [0.15, 0.2) is 11.5 Å². The van der Waals surface area contributed by atoms with Crippen LogP contribution in [0.25, 0.3) is 0 Å². The lowest BCUT2D eigenvalue weighted by atomic mass is 10.1. The summed E-state index contributed by atoms with van der Waals surface area (Å²) < 4.78 is 12.6. The van der Waals surface area contributed by atoms with Gasteiger partial charge in [-0.1, -0.05) is 6.07 Å². The lowest BCUT2D eigenvalue weighted by Gasteiger charge is -2.22. The molecule has 1 aliphatic carbocycles. The van der Waals surface area contributed by atoms with Crippen LogP contribution in [-0.2, 0) is 12.0 Å². The van der Waals surface area contributed by atoms with E-state index in [1.54, 1.807) is 14.2 Å². The van der Waals surface area contributed by atoms with Gasteiger partial charge >= 0.3 is 0 Å². The minimum atomic E-state index is -0.129.